The van der Waals surface area contributed by atoms with Crippen LogP contribution in [-0.2, 0) is 0 Å². The van der Waals surface area contributed by atoms with Gasteiger partial charge in [0.1, 0.15) is 6.07 Å². The standard InChI is InChI=1S/C12H15ClN2/c1-4-12(2,3)15-11-7-10(13)6-5-9(11)8-14/h5-7,15H,4H2,1-3H3. The number of nitrogens with one attached hydrogen (secondary N) is 1. The summed E-state index contributed by atoms with van der Waals surface area (Å²) in [5, 5.41) is 12.9. The van der Waals surface area contributed by atoms with Crippen molar-refractivity contribution in [1.29, 1.82) is 5.26 Å². The van der Waals surface area contributed by atoms with Crippen LogP contribution in [0.15, 0.2) is 18.2 Å². The highest BCUT2D eigenvalue weighted by Crippen LogP contribution is 2.24. The Kier molecular flexibility index (Phi) is 3.60. The number of benzene rings is 1. The third-order valence-electron chi connectivity index (χ3n) is 2.46. The number of nitriles is 1. The molecule has 0 bridgehead atoms. The Hall–Kier alpha value is -1.20. The maximum absolute atomic E-state index is 8.95. The molecule has 0 atom stereocenters. The zero-order valence-electron chi connectivity index (χ0n) is 9.26. The van der Waals surface area contributed by atoms with Gasteiger partial charge in [-0.2, -0.15) is 5.26 Å². The van der Waals surface area contributed by atoms with E-state index in [1.54, 1.807) is 18.2 Å². The summed E-state index contributed by atoms with van der Waals surface area (Å²) in [5.41, 5.74) is 1.40. The fourth-order valence-electron chi connectivity index (χ4n) is 1.17. The molecule has 0 aliphatic carbocycles. The van der Waals surface area contributed by atoms with Gasteiger partial charge in [0.25, 0.3) is 0 Å². The van der Waals surface area contributed by atoms with Gasteiger partial charge in [-0.15, -0.1) is 0 Å². The van der Waals surface area contributed by atoms with E-state index in [1.807, 2.05) is 0 Å². The van der Waals surface area contributed by atoms with Crippen LogP contribution in [0, 0.1) is 11.3 Å². The van der Waals surface area contributed by atoms with Crippen molar-refractivity contribution in [1.82, 2.24) is 0 Å². The topological polar surface area (TPSA) is 35.8 Å². The van der Waals surface area contributed by atoms with Crippen molar-refractivity contribution in [3.05, 3.63) is 28.8 Å². The highest BCUT2D eigenvalue weighted by Gasteiger charge is 2.16. The van der Waals surface area contributed by atoms with Gasteiger partial charge in [0.2, 0.25) is 0 Å². The molecule has 1 rings (SSSR count). The van der Waals surface area contributed by atoms with Crippen molar-refractivity contribution in [2.45, 2.75) is 32.7 Å². The van der Waals surface area contributed by atoms with Crippen LogP contribution in [0.3, 0.4) is 0 Å². The summed E-state index contributed by atoms with van der Waals surface area (Å²) in [4.78, 5) is 0. The molecule has 0 radical (unpaired) electrons. The van der Waals surface area contributed by atoms with Gasteiger partial charge in [0, 0.05) is 10.6 Å². The Labute approximate surface area is 95.9 Å². The second-order valence-corrected chi connectivity index (χ2v) is 4.60. The summed E-state index contributed by atoms with van der Waals surface area (Å²) in [6, 6.07) is 7.40. The quantitative estimate of drug-likeness (QED) is 0.844. The molecule has 0 fully saturated rings. The Morgan fingerprint density at radius 2 is 2.13 bits per heavy atom. The molecular weight excluding hydrogens is 208 g/mol. The molecule has 1 aromatic carbocycles. The lowest BCUT2D eigenvalue weighted by Gasteiger charge is -2.26. The predicted molar refractivity (Wildman–Crippen MR) is 64.2 cm³/mol. The van der Waals surface area contributed by atoms with Crippen LogP contribution in [-0.4, -0.2) is 5.54 Å². The number of hydrogen-bond acceptors (Lipinski definition) is 2. The lowest BCUT2D eigenvalue weighted by atomic mass is 10.0. The summed E-state index contributed by atoms with van der Waals surface area (Å²) < 4.78 is 0. The fraction of sp³-hybridized carbons (Fsp3) is 0.417. The molecule has 0 heterocycles. The molecule has 80 valence electrons. The fourth-order valence-corrected chi connectivity index (χ4v) is 1.34. The molecule has 3 heteroatoms. The van der Waals surface area contributed by atoms with E-state index in [0.29, 0.717) is 10.6 Å². The molecule has 15 heavy (non-hydrogen) atoms. The van der Waals surface area contributed by atoms with Crippen molar-refractivity contribution in [3.8, 4) is 6.07 Å². The first-order chi connectivity index (χ1) is 6.98. The highest BCUT2D eigenvalue weighted by molar-refractivity contribution is 6.30. The van der Waals surface area contributed by atoms with Gasteiger partial charge >= 0.3 is 0 Å². The summed E-state index contributed by atoms with van der Waals surface area (Å²) in [7, 11) is 0. The second-order valence-electron chi connectivity index (χ2n) is 4.16. The molecule has 0 spiro atoms. The van der Waals surface area contributed by atoms with E-state index in [-0.39, 0.29) is 5.54 Å². The van der Waals surface area contributed by atoms with Gasteiger partial charge in [-0.1, -0.05) is 18.5 Å². The highest BCUT2D eigenvalue weighted by atomic mass is 35.5. The SMILES string of the molecule is CCC(C)(C)Nc1cc(Cl)ccc1C#N. The van der Waals surface area contributed by atoms with Crippen LogP contribution in [0.1, 0.15) is 32.8 Å². The first-order valence-corrected chi connectivity index (χ1v) is 5.34. The van der Waals surface area contributed by atoms with Gasteiger partial charge in [0.05, 0.1) is 11.3 Å². The van der Waals surface area contributed by atoms with Crippen LogP contribution in [0.4, 0.5) is 5.69 Å². The Bertz CT molecular complexity index is 391. The largest absolute Gasteiger partial charge is 0.379 e. The van der Waals surface area contributed by atoms with Gasteiger partial charge in [0.15, 0.2) is 0 Å². The summed E-state index contributed by atoms with van der Waals surface area (Å²) in [5.74, 6) is 0. The lowest BCUT2D eigenvalue weighted by Crippen LogP contribution is -2.30. The van der Waals surface area contributed by atoms with Crippen LogP contribution < -0.4 is 5.32 Å². The zero-order chi connectivity index (χ0) is 11.5. The molecule has 1 aromatic rings. The van der Waals surface area contributed by atoms with Gasteiger partial charge < -0.3 is 5.32 Å². The zero-order valence-corrected chi connectivity index (χ0v) is 10.0. The summed E-state index contributed by atoms with van der Waals surface area (Å²) >= 11 is 5.90. The van der Waals surface area contributed by atoms with Crippen LogP contribution in [0.25, 0.3) is 0 Å². The normalized spacial score (nSPS) is 10.9. The first-order valence-electron chi connectivity index (χ1n) is 4.96. The minimum atomic E-state index is -0.0315. The van der Waals surface area contributed by atoms with E-state index < -0.39 is 0 Å². The molecule has 0 aliphatic rings. The first kappa shape index (κ1) is 11.9. The second kappa shape index (κ2) is 4.55. The Morgan fingerprint density at radius 1 is 1.47 bits per heavy atom. The number of hydrogen-bond donors (Lipinski definition) is 1. The van der Waals surface area contributed by atoms with Gasteiger partial charge in [-0.05, 0) is 38.5 Å². The van der Waals surface area contributed by atoms with E-state index in [9.17, 15) is 0 Å². The van der Waals surface area contributed by atoms with E-state index in [2.05, 4.69) is 32.2 Å². The molecule has 0 aliphatic heterocycles. The molecule has 1 N–H and O–H groups in total. The Morgan fingerprint density at radius 3 is 2.67 bits per heavy atom. The van der Waals surface area contributed by atoms with Crippen molar-refractivity contribution in [3.63, 3.8) is 0 Å². The Balaban J connectivity index is 3.04. The van der Waals surface area contributed by atoms with Gasteiger partial charge in [-0.3, -0.25) is 0 Å². The maximum atomic E-state index is 8.95. The minimum Gasteiger partial charge on any atom is -0.379 e. The molecule has 2 nitrogen and oxygen atoms in total. The number of nitrogens with zero attached hydrogens (tertiary/aromatic N) is 1. The lowest BCUT2D eigenvalue weighted by molar-refractivity contribution is 0.547. The summed E-state index contributed by atoms with van der Waals surface area (Å²) in [6.07, 6.45) is 0.977. The van der Waals surface area contributed by atoms with Crippen molar-refractivity contribution < 1.29 is 0 Å². The molecule has 0 amide bonds. The monoisotopic (exact) mass is 222 g/mol. The summed E-state index contributed by atoms with van der Waals surface area (Å²) in [6.45, 7) is 6.29. The average Bonchev–Trinajstić information content (AvgIpc) is 2.18. The van der Waals surface area contributed by atoms with Crippen LogP contribution in [0.5, 0.6) is 0 Å². The van der Waals surface area contributed by atoms with Crippen molar-refractivity contribution in [2.75, 3.05) is 5.32 Å². The molecule has 0 saturated carbocycles. The van der Waals surface area contributed by atoms with Crippen LogP contribution >= 0.6 is 11.6 Å². The van der Waals surface area contributed by atoms with E-state index >= 15 is 0 Å². The minimum absolute atomic E-state index is 0.0315. The average molecular weight is 223 g/mol. The van der Waals surface area contributed by atoms with Crippen molar-refractivity contribution in [2.24, 2.45) is 0 Å². The third-order valence-corrected chi connectivity index (χ3v) is 2.69. The third kappa shape index (κ3) is 3.14. The van der Waals surface area contributed by atoms with Crippen molar-refractivity contribution >= 4 is 17.3 Å². The smallest absolute Gasteiger partial charge is 0.101 e. The molecule has 0 unspecified atom stereocenters. The molecule has 0 aromatic heterocycles. The van der Waals surface area contributed by atoms with E-state index in [4.69, 9.17) is 16.9 Å². The van der Waals surface area contributed by atoms with E-state index in [0.717, 1.165) is 12.1 Å². The van der Waals surface area contributed by atoms with Gasteiger partial charge in [-0.25, -0.2) is 0 Å². The number of halogens is 1. The number of anilines is 1. The maximum Gasteiger partial charge on any atom is 0.101 e. The molecule has 0 saturated heterocycles. The number of rotatable bonds is 3. The van der Waals surface area contributed by atoms with E-state index in [1.165, 1.54) is 0 Å². The van der Waals surface area contributed by atoms with Crippen LogP contribution in [0.2, 0.25) is 5.02 Å². The predicted octanol–water partition coefficient (Wildman–Crippen LogP) is 3.81. The molecular formula is C12H15ClN2.